The van der Waals surface area contributed by atoms with Gasteiger partial charge in [0.25, 0.3) is 5.91 Å². The van der Waals surface area contributed by atoms with E-state index in [1.807, 2.05) is 0 Å². The minimum Gasteiger partial charge on any atom is -0.443 e. The standard InChI is InChI=1S/C16H17ClN2O4/c17-12-4-2-1-3-11(12)14-13(19-10-23-14)15(20)18-9-16(21)5-7-22-8-6-16/h1-4,10,21H,5-9H2,(H,18,20). The lowest BCUT2D eigenvalue weighted by Crippen LogP contribution is -2.46. The van der Waals surface area contributed by atoms with Gasteiger partial charge in [-0.05, 0) is 12.1 Å². The normalized spacial score (nSPS) is 17.0. The largest absolute Gasteiger partial charge is 0.443 e. The van der Waals surface area contributed by atoms with E-state index in [4.69, 9.17) is 20.8 Å². The molecule has 0 radical (unpaired) electrons. The van der Waals surface area contributed by atoms with E-state index in [2.05, 4.69) is 10.3 Å². The predicted octanol–water partition coefficient (Wildman–Crippen LogP) is 2.27. The van der Waals surface area contributed by atoms with Crippen LogP contribution in [0.4, 0.5) is 0 Å². The summed E-state index contributed by atoms with van der Waals surface area (Å²) in [7, 11) is 0. The van der Waals surface area contributed by atoms with Gasteiger partial charge in [-0.2, -0.15) is 0 Å². The molecule has 0 aliphatic carbocycles. The molecule has 0 spiro atoms. The average molecular weight is 337 g/mol. The van der Waals surface area contributed by atoms with E-state index in [1.54, 1.807) is 24.3 Å². The van der Waals surface area contributed by atoms with Gasteiger partial charge in [0.05, 0.1) is 10.6 Å². The van der Waals surface area contributed by atoms with Crippen LogP contribution < -0.4 is 5.32 Å². The molecule has 0 atom stereocenters. The van der Waals surface area contributed by atoms with E-state index in [1.165, 1.54) is 6.39 Å². The van der Waals surface area contributed by atoms with Crippen molar-refractivity contribution in [3.05, 3.63) is 41.4 Å². The number of aromatic nitrogens is 1. The molecule has 7 heteroatoms. The summed E-state index contributed by atoms with van der Waals surface area (Å²) in [6, 6.07) is 7.07. The summed E-state index contributed by atoms with van der Waals surface area (Å²) in [6.07, 6.45) is 2.18. The highest BCUT2D eigenvalue weighted by molar-refractivity contribution is 6.33. The summed E-state index contributed by atoms with van der Waals surface area (Å²) in [4.78, 5) is 16.4. The van der Waals surface area contributed by atoms with Gasteiger partial charge in [0.1, 0.15) is 0 Å². The van der Waals surface area contributed by atoms with Crippen LogP contribution in [-0.4, -0.2) is 41.4 Å². The Morgan fingerprint density at radius 1 is 1.35 bits per heavy atom. The molecule has 0 saturated carbocycles. The lowest BCUT2D eigenvalue weighted by Gasteiger charge is -2.31. The molecule has 0 bridgehead atoms. The van der Waals surface area contributed by atoms with Gasteiger partial charge in [0, 0.05) is 38.2 Å². The van der Waals surface area contributed by atoms with Gasteiger partial charge >= 0.3 is 0 Å². The van der Waals surface area contributed by atoms with Crippen LogP contribution in [0, 0.1) is 0 Å². The second-order valence-corrected chi connectivity index (χ2v) is 5.94. The van der Waals surface area contributed by atoms with Gasteiger partial charge in [0.2, 0.25) is 0 Å². The van der Waals surface area contributed by atoms with E-state index in [0.29, 0.717) is 42.4 Å². The van der Waals surface area contributed by atoms with E-state index in [-0.39, 0.29) is 12.2 Å². The van der Waals surface area contributed by atoms with Crippen molar-refractivity contribution in [1.29, 1.82) is 0 Å². The molecule has 0 unspecified atom stereocenters. The Balaban J connectivity index is 1.74. The predicted molar refractivity (Wildman–Crippen MR) is 84.3 cm³/mol. The van der Waals surface area contributed by atoms with Crippen LogP contribution in [0.15, 0.2) is 35.1 Å². The van der Waals surface area contributed by atoms with Crippen LogP contribution in [0.5, 0.6) is 0 Å². The average Bonchev–Trinajstić information content (AvgIpc) is 3.03. The van der Waals surface area contributed by atoms with Crippen molar-refractivity contribution in [3.63, 3.8) is 0 Å². The molecule has 1 aliphatic heterocycles. The van der Waals surface area contributed by atoms with Crippen molar-refractivity contribution < 1.29 is 19.1 Å². The van der Waals surface area contributed by atoms with Crippen LogP contribution >= 0.6 is 11.6 Å². The number of aliphatic hydroxyl groups is 1. The molecule has 2 heterocycles. The molecule has 1 aliphatic rings. The molecule has 1 aromatic heterocycles. The number of hydrogen-bond donors (Lipinski definition) is 2. The molecule has 6 nitrogen and oxygen atoms in total. The third-order valence-corrected chi connectivity index (χ3v) is 4.23. The molecule has 1 aromatic carbocycles. The number of carbonyl (C=O) groups excluding carboxylic acids is 1. The highest BCUT2D eigenvalue weighted by Crippen LogP contribution is 2.30. The van der Waals surface area contributed by atoms with Crippen molar-refractivity contribution in [2.45, 2.75) is 18.4 Å². The monoisotopic (exact) mass is 336 g/mol. The van der Waals surface area contributed by atoms with Crippen LogP contribution in [0.3, 0.4) is 0 Å². The van der Waals surface area contributed by atoms with Crippen LogP contribution in [0.25, 0.3) is 11.3 Å². The molecule has 1 amide bonds. The zero-order chi connectivity index (χ0) is 16.3. The quantitative estimate of drug-likeness (QED) is 0.894. The first-order valence-electron chi connectivity index (χ1n) is 7.36. The first-order chi connectivity index (χ1) is 11.1. The van der Waals surface area contributed by atoms with Crippen molar-refractivity contribution >= 4 is 17.5 Å². The number of nitrogens with zero attached hydrogens (tertiary/aromatic N) is 1. The minimum absolute atomic E-state index is 0.143. The lowest BCUT2D eigenvalue weighted by molar-refractivity contribution is -0.0605. The summed E-state index contributed by atoms with van der Waals surface area (Å²) in [5, 5.41) is 13.6. The number of halogens is 1. The van der Waals surface area contributed by atoms with Gasteiger partial charge in [0.15, 0.2) is 17.8 Å². The number of nitrogens with one attached hydrogen (secondary N) is 1. The summed E-state index contributed by atoms with van der Waals surface area (Å²) >= 11 is 6.14. The zero-order valence-corrected chi connectivity index (χ0v) is 13.2. The molecule has 3 rings (SSSR count). The van der Waals surface area contributed by atoms with Crippen molar-refractivity contribution in [2.24, 2.45) is 0 Å². The Hall–Kier alpha value is -1.89. The molecule has 23 heavy (non-hydrogen) atoms. The van der Waals surface area contributed by atoms with Gasteiger partial charge in [-0.15, -0.1) is 0 Å². The maximum atomic E-state index is 12.4. The Kier molecular flexibility index (Phi) is 4.66. The molecule has 2 aromatic rings. The SMILES string of the molecule is O=C(NCC1(O)CCOCC1)c1ncoc1-c1ccccc1Cl. The van der Waals surface area contributed by atoms with Gasteiger partial charge in [-0.25, -0.2) is 4.98 Å². The van der Waals surface area contributed by atoms with Crippen LogP contribution in [0.1, 0.15) is 23.3 Å². The third-order valence-electron chi connectivity index (χ3n) is 3.90. The summed E-state index contributed by atoms with van der Waals surface area (Å²) in [5.41, 5.74) is -0.197. The summed E-state index contributed by atoms with van der Waals surface area (Å²) in [6.45, 7) is 1.12. The molecule has 1 fully saturated rings. The Morgan fingerprint density at radius 3 is 2.83 bits per heavy atom. The minimum atomic E-state index is -0.942. The van der Waals surface area contributed by atoms with E-state index in [0.717, 1.165) is 0 Å². The number of carbonyl (C=O) groups is 1. The Morgan fingerprint density at radius 2 is 2.09 bits per heavy atom. The smallest absolute Gasteiger partial charge is 0.274 e. The number of hydrogen-bond acceptors (Lipinski definition) is 5. The highest BCUT2D eigenvalue weighted by atomic mass is 35.5. The Bertz CT molecular complexity index is 695. The van der Waals surface area contributed by atoms with E-state index < -0.39 is 11.5 Å². The number of ether oxygens (including phenoxy) is 1. The second-order valence-electron chi connectivity index (χ2n) is 5.53. The molecule has 1 saturated heterocycles. The van der Waals surface area contributed by atoms with E-state index in [9.17, 15) is 9.90 Å². The first-order valence-corrected chi connectivity index (χ1v) is 7.74. The molecular formula is C16H17ClN2O4. The fraction of sp³-hybridized carbons (Fsp3) is 0.375. The number of oxazole rings is 1. The fourth-order valence-corrected chi connectivity index (χ4v) is 2.72. The highest BCUT2D eigenvalue weighted by Gasteiger charge is 2.31. The molecular weight excluding hydrogens is 320 g/mol. The van der Waals surface area contributed by atoms with E-state index >= 15 is 0 Å². The van der Waals surface area contributed by atoms with Gasteiger partial charge in [-0.3, -0.25) is 4.79 Å². The zero-order valence-electron chi connectivity index (χ0n) is 12.4. The van der Waals surface area contributed by atoms with Crippen LogP contribution in [0.2, 0.25) is 5.02 Å². The van der Waals surface area contributed by atoms with Crippen molar-refractivity contribution in [3.8, 4) is 11.3 Å². The van der Waals surface area contributed by atoms with Crippen molar-refractivity contribution in [2.75, 3.05) is 19.8 Å². The lowest BCUT2D eigenvalue weighted by atomic mass is 9.94. The fourth-order valence-electron chi connectivity index (χ4n) is 2.50. The molecule has 122 valence electrons. The molecule has 2 N–H and O–H groups in total. The summed E-state index contributed by atoms with van der Waals surface area (Å²) < 4.78 is 10.6. The van der Waals surface area contributed by atoms with Crippen molar-refractivity contribution in [1.82, 2.24) is 10.3 Å². The maximum absolute atomic E-state index is 12.4. The number of amides is 1. The number of benzene rings is 1. The third kappa shape index (κ3) is 3.55. The topological polar surface area (TPSA) is 84.6 Å². The maximum Gasteiger partial charge on any atom is 0.274 e. The van der Waals surface area contributed by atoms with Crippen LogP contribution in [-0.2, 0) is 4.74 Å². The first kappa shape index (κ1) is 16.0. The summed E-state index contributed by atoms with van der Waals surface area (Å²) in [5.74, 6) is -0.0966. The second kappa shape index (κ2) is 6.70. The van der Waals surface area contributed by atoms with Gasteiger partial charge in [-0.1, -0.05) is 23.7 Å². The Labute approximate surface area is 138 Å². The number of rotatable bonds is 4. The van der Waals surface area contributed by atoms with Gasteiger partial charge < -0.3 is 19.6 Å².